The van der Waals surface area contributed by atoms with Crippen molar-refractivity contribution in [3.63, 3.8) is 0 Å². The van der Waals surface area contributed by atoms with Crippen LogP contribution in [0.4, 0.5) is 17.5 Å². The lowest BCUT2D eigenvalue weighted by molar-refractivity contribution is -0.119. The number of hydrogen-bond acceptors (Lipinski definition) is 5. The van der Waals surface area contributed by atoms with E-state index in [9.17, 15) is 14.9 Å². The van der Waals surface area contributed by atoms with E-state index < -0.39 is 23.3 Å². The summed E-state index contributed by atoms with van der Waals surface area (Å²) >= 11 is 0. The summed E-state index contributed by atoms with van der Waals surface area (Å²) in [6.07, 6.45) is 0.875. The van der Waals surface area contributed by atoms with Gasteiger partial charge in [-0.05, 0) is 29.7 Å². The minimum Gasteiger partial charge on any atom is -0.326 e. The summed E-state index contributed by atoms with van der Waals surface area (Å²) in [6.45, 7) is 2.05. The Bertz CT molecular complexity index is 1150. The second kappa shape index (κ2) is 7.60. The van der Waals surface area contributed by atoms with Crippen molar-refractivity contribution in [3.05, 3.63) is 81.6 Å². The molecule has 2 atom stereocenters. The smallest absolute Gasteiger partial charge is 0.258 e. The normalized spacial score (nSPS) is 17.7. The van der Waals surface area contributed by atoms with Crippen molar-refractivity contribution in [2.45, 2.75) is 19.3 Å². The number of rotatable bonds is 4. The number of aryl methyl sites for hydroxylation is 1. The van der Waals surface area contributed by atoms with E-state index >= 15 is 0 Å². The minimum atomic E-state index is -1.01. The summed E-state index contributed by atoms with van der Waals surface area (Å²) in [4.78, 5) is 32.6. The maximum absolute atomic E-state index is 13.0. The van der Waals surface area contributed by atoms with Gasteiger partial charge in [0.25, 0.3) is 5.56 Å². The molecule has 1 amide bonds. The Labute approximate surface area is 167 Å². The molecule has 2 aromatic carbocycles. The number of para-hydroxylation sites is 1. The number of hydrogen-bond donors (Lipinski definition) is 3. The van der Waals surface area contributed by atoms with E-state index in [0.717, 1.165) is 23.2 Å². The largest absolute Gasteiger partial charge is 0.326 e. The molecule has 0 bridgehead atoms. The van der Waals surface area contributed by atoms with Crippen LogP contribution < -0.4 is 16.2 Å². The van der Waals surface area contributed by atoms with Gasteiger partial charge >= 0.3 is 0 Å². The highest BCUT2D eigenvalue weighted by Gasteiger charge is 2.40. The topological polar surface area (TPSA) is 111 Å². The molecule has 0 fully saturated rings. The van der Waals surface area contributed by atoms with E-state index in [2.05, 4.69) is 20.6 Å². The fourth-order valence-electron chi connectivity index (χ4n) is 3.55. The first kappa shape index (κ1) is 18.4. The van der Waals surface area contributed by atoms with Crippen molar-refractivity contribution in [1.82, 2.24) is 9.97 Å². The molecule has 4 rings (SSSR count). The maximum atomic E-state index is 13.0. The van der Waals surface area contributed by atoms with Gasteiger partial charge < -0.3 is 10.6 Å². The fraction of sp³-hybridized carbons (Fsp3) is 0.182. The van der Waals surface area contributed by atoms with Gasteiger partial charge in [-0.15, -0.1) is 0 Å². The Hall–Kier alpha value is -3.92. The molecule has 29 heavy (non-hydrogen) atoms. The van der Waals surface area contributed by atoms with E-state index in [1.165, 1.54) is 0 Å². The van der Waals surface area contributed by atoms with Crippen LogP contribution >= 0.6 is 0 Å². The molecule has 0 radical (unpaired) electrons. The summed E-state index contributed by atoms with van der Waals surface area (Å²) < 4.78 is 0. The molecule has 0 aliphatic carbocycles. The predicted molar refractivity (Wildman–Crippen MR) is 110 cm³/mol. The zero-order valence-corrected chi connectivity index (χ0v) is 15.8. The van der Waals surface area contributed by atoms with Gasteiger partial charge in [0, 0.05) is 11.6 Å². The van der Waals surface area contributed by atoms with E-state index in [0.29, 0.717) is 5.56 Å². The Balaban J connectivity index is 1.80. The number of nitriles is 1. The third-order valence-corrected chi connectivity index (χ3v) is 5.05. The minimum absolute atomic E-state index is 0.174. The lowest BCUT2D eigenvalue weighted by atomic mass is 9.79. The quantitative estimate of drug-likeness (QED) is 0.638. The molecule has 2 heterocycles. The first-order valence-corrected chi connectivity index (χ1v) is 9.36. The van der Waals surface area contributed by atoms with Crippen molar-refractivity contribution in [2.24, 2.45) is 5.92 Å². The molecule has 1 aromatic heterocycles. The van der Waals surface area contributed by atoms with Gasteiger partial charge in [0.2, 0.25) is 11.9 Å². The highest BCUT2D eigenvalue weighted by Crippen LogP contribution is 2.38. The first-order chi connectivity index (χ1) is 14.1. The third kappa shape index (κ3) is 3.48. The lowest BCUT2D eigenvalue weighted by Crippen LogP contribution is -2.38. The third-order valence-electron chi connectivity index (χ3n) is 5.05. The van der Waals surface area contributed by atoms with Gasteiger partial charge in [-0.3, -0.25) is 14.6 Å². The number of anilines is 3. The first-order valence-electron chi connectivity index (χ1n) is 9.36. The van der Waals surface area contributed by atoms with Crippen LogP contribution in [-0.4, -0.2) is 15.9 Å². The van der Waals surface area contributed by atoms with Crippen LogP contribution in [0.1, 0.15) is 29.5 Å². The Morgan fingerprint density at radius 1 is 1.10 bits per heavy atom. The van der Waals surface area contributed by atoms with Crippen LogP contribution in [0, 0.1) is 17.2 Å². The van der Waals surface area contributed by atoms with E-state index in [1.807, 2.05) is 67.6 Å². The summed E-state index contributed by atoms with van der Waals surface area (Å²) in [5.41, 5.74) is 2.52. The van der Waals surface area contributed by atoms with Crippen LogP contribution in [0.15, 0.2) is 59.4 Å². The Morgan fingerprint density at radius 2 is 1.83 bits per heavy atom. The number of nitrogens with one attached hydrogen (secondary N) is 3. The zero-order chi connectivity index (χ0) is 20.4. The summed E-state index contributed by atoms with van der Waals surface area (Å²) in [7, 11) is 0. The van der Waals surface area contributed by atoms with Gasteiger partial charge in [0.15, 0.2) is 0 Å². The standard InChI is InChI=1S/C22H19N5O2/c1-2-13-8-10-14(11-9-13)17-16(12-23)20(28)25-19-18(17)21(29)27-22(26-19)24-15-6-4-3-5-7-15/h3-11,16-17H,2H2,1H3,(H3,24,25,26,27,28,29)/t16-,17+/m1/s1. The number of amides is 1. The molecule has 1 aliphatic heterocycles. The van der Waals surface area contributed by atoms with Gasteiger partial charge in [0.05, 0.1) is 11.6 Å². The van der Waals surface area contributed by atoms with Crippen molar-refractivity contribution in [1.29, 1.82) is 5.26 Å². The molecule has 7 heteroatoms. The van der Waals surface area contributed by atoms with E-state index in [4.69, 9.17) is 0 Å². The average molecular weight is 385 g/mol. The number of nitrogens with zero attached hydrogens (tertiary/aromatic N) is 2. The van der Waals surface area contributed by atoms with Gasteiger partial charge in [-0.2, -0.15) is 10.2 Å². The molecule has 3 N–H and O–H groups in total. The monoisotopic (exact) mass is 385 g/mol. The number of aromatic amines is 1. The molecular formula is C22H19N5O2. The molecule has 7 nitrogen and oxygen atoms in total. The Kier molecular flexibility index (Phi) is 4.83. The molecule has 144 valence electrons. The lowest BCUT2D eigenvalue weighted by Gasteiger charge is -2.28. The fourth-order valence-corrected chi connectivity index (χ4v) is 3.55. The van der Waals surface area contributed by atoms with Gasteiger partial charge in [0.1, 0.15) is 11.7 Å². The molecule has 0 spiro atoms. The molecular weight excluding hydrogens is 366 g/mol. The number of H-pyrrole nitrogens is 1. The summed E-state index contributed by atoms with van der Waals surface area (Å²) in [6, 6.07) is 18.9. The van der Waals surface area contributed by atoms with Crippen molar-refractivity contribution >= 4 is 23.4 Å². The second-order valence-corrected chi connectivity index (χ2v) is 6.84. The van der Waals surface area contributed by atoms with E-state index in [-0.39, 0.29) is 11.8 Å². The zero-order valence-electron chi connectivity index (χ0n) is 15.8. The summed E-state index contributed by atoms with van der Waals surface area (Å²) in [5.74, 6) is -1.76. The van der Waals surface area contributed by atoms with Crippen LogP contribution in [-0.2, 0) is 11.2 Å². The van der Waals surface area contributed by atoms with Gasteiger partial charge in [-0.25, -0.2) is 0 Å². The van der Waals surface area contributed by atoms with Crippen LogP contribution in [0.25, 0.3) is 0 Å². The average Bonchev–Trinajstić information content (AvgIpc) is 2.73. The van der Waals surface area contributed by atoms with E-state index in [1.54, 1.807) is 0 Å². The van der Waals surface area contributed by atoms with Crippen LogP contribution in [0.3, 0.4) is 0 Å². The number of benzene rings is 2. The number of carbonyl (C=O) groups excluding carboxylic acids is 1. The van der Waals surface area contributed by atoms with Crippen molar-refractivity contribution in [2.75, 3.05) is 10.6 Å². The van der Waals surface area contributed by atoms with Crippen molar-refractivity contribution in [3.8, 4) is 6.07 Å². The second-order valence-electron chi connectivity index (χ2n) is 6.84. The highest BCUT2D eigenvalue weighted by atomic mass is 16.2. The number of aromatic nitrogens is 2. The molecule has 0 saturated heterocycles. The van der Waals surface area contributed by atoms with Crippen molar-refractivity contribution < 1.29 is 4.79 Å². The summed E-state index contributed by atoms with van der Waals surface area (Å²) in [5, 5.41) is 15.2. The number of carbonyl (C=O) groups is 1. The molecule has 1 aliphatic rings. The van der Waals surface area contributed by atoms with Crippen LogP contribution in [0.5, 0.6) is 0 Å². The molecule has 0 saturated carbocycles. The SMILES string of the molecule is CCc1ccc([C@@H]2c3c(nc(Nc4ccccc4)[nH]c3=O)NC(=O)[C@@H]2C#N)cc1. The predicted octanol–water partition coefficient (Wildman–Crippen LogP) is 3.30. The molecule has 3 aromatic rings. The Morgan fingerprint density at radius 3 is 2.48 bits per heavy atom. The van der Waals surface area contributed by atoms with Gasteiger partial charge in [-0.1, -0.05) is 49.4 Å². The highest BCUT2D eigenvalue weighted by molar-refractivity contribution is 5.98. The molecule has 0 unspecified atom stereocenters. The van der Waals surface area contributed by atoms with Crippen LogP contribution in [0.2, 0.25) is 0 Å². The number of fused-ring (bicyclic) bond motifs is 1. The maximum Gasteiger partial charge on any atom is 0.258 e.